The number of halogens is 3. The predicted molar refractivity (Wildman–Crippen MR) is 83.7 cm³/mol. The molecule has 2 rings (SSSR count). The lowest BCUT2D eigenvalue weighted by atomic mass is 10.0. The first-order valence-electron chi connectivity index (χ1n) is 5.87. The highest BCUT2D eigenvalue weighted by atomic mass is 79.9. The van der Waals surface area contributed by atoms with Crippen molar-refractivity contribution in [2.45, 2.75) is 19.4 Å². The molecule has 102 valence electrons. The molecule has 0 spiro atoms. The molecule has 1 unspecified atom stereocenters. The average Bonchev–Trinajstić information content (AvgIpc) is 2.71. The molecular weight excluding hydrogens is 349 g/mol. The van der Waals surface area contributed by atoms with E-state index in [1.165, 1.54) is 6.07 Å². The van der Waals surface area contributed by atoms with E-state index in [1.807, 2.05) is 25.4 Å². The highest BCUT2D eigenvalue weighted by molar-refractivity contribution is 9.10. The van der Waals surface area contributed by atoms with Crippen molar-refractivity contribution in [2.24, 2.45) is 0 Å². The molecule has 0 amide bonds. The van der Waals surface area contributed by atoms with E-state index < -0.39 is 0 Å². The van der Waals surface area contributed by atoms with Crippen LogP contribution in [0.25, 0.3) is 0 Å². The van der Waals surface area contributed by atoms with Crippen LogP contribution >= 0.6 is 38.9 Å². The van der Waals surface area contributed by atoms with Crippen LogP contribution in [-0.2, 0) is 6.42 Å². The number of thiophene rings is 1. The van der Waals surface area contributed by atoms with Crippen LogP contribution in [0.2, 0.25) is 5.02 Å². The monoisotopic (exact) mass is 361 g/mol. The molecule has 0 saturated carbocycles. The number of rotatable bonds is 4. The lowest BCUT2D eigenvalue weighted by Crippen LogP contribution is -2.18. The van der Waals surface area contributed by atoms with Gasteiger partial charge in [0.05, 0.1) is 5.02 Å². The summed E-state index contributed by atoms with van der Waals surface area (Å²) in [7, 11) is 1.87. The van der Waals surface area contributed by atoms with Crippen LogP contribution in [0.4, 0.5) is 4.39 Å². The Morgan fingerprint density at radius 1 is 1.47 bits per heavy atom. The normalized spacial score (nSPS) is 12.7. The fraction of sp³-hybridized carbons (Fsp3) is 0.286. The molecule has 0 radical (unpaired) electrons. The molecule has 0 aliphatic carbocycles. The number of aryl methyl sites for hydroxylation is 1. The van der Waals surface area contributed by atoms with Crippen molar-refractivity contribution in [1.29, 1.82) is 0 Å². The summed E-state index contributed by atoms with van der Waals surface area (Å²) in [5, 5.41) is 6.02. The molecule has 1 aromatic carbocycles. The van der Waals surface area contributed by atoms with Gasteiger partial charge in [-0.05, 0) is 55.1 Å². The van der Waals surface area contributed by atoms with Gasteiger partial charge in [0.1, 0.15) is 5.82 Å². The van der Waals surface area contributed by atoms with E-state index in [-0.39, 0.29) is 11.9 Å². The van der Waals surface area contributed by atoms with Gasteiger partial charge in [-0.1, -0.05) is 27.5 Å². The summed E-state index contributed by atoms with van der Waals surface area (Å²) in [6.45, 7) is 1.98. The van der Waals surface area contributed by atoms with Gasteiger partial charge >= 0.3 is 0 Å². The van der Waals surface area contributed by atoms with Crippen LogP contribution in [0.15, 0.2) is 28.1 Å². The van der Waals surface area contributed by atoms with E-state index in [0.29, 0.717) is 12.0 Å². The first kappa shape index (κ1) is 15.0. The van der Waals surface area contributed by atoms with E-state index in [0.717, 1.165) is 19.9 Å². The summed E-state index contributed by atoms with van der Waals surface area (Å²) in [5.41, 5.74) is 1.74. The summed E-state index contributed by atoms with van der Waals surface area (Å²) in [6.07, 6.45) is 0.571. The molecule has 2 aromatic rings. The third kappa shape index (κ3) is 3.37. The third-order valence-electron chi connectivity index (χ3n) is 3.02. The van der Waals surface area contributed by atoms with Crippen molar-refractivity contribution in [2.75, 3.05) is 7.05 Å². The van der Waals surface area contributed by atoms with Crippen LogP contribution < -0.4 is 5.32 Å². The van der Waals surface area contributed by atoms with Crippen LogP contribution in [-0.4, -0.2) is 7.05 Å². The Bertz CT molecular complexity index is 585. The molecule has 1 atom stereocenters. The van der Waals surface area contributed by atoms with E-state index in [1.54, 1.807) is 17.4 Å². The maximum atomic E-state index is 13.8. The van der Waals surface area contributed by atoms with Crippen molar-refractivity contribution in [1.82, 2.24) is 5.32 Å². The van der Waals surface area contributed by atoms with Gasteiger partial charge in [0.15, 0.2) is 0 Å². The molecule has 19 heavy (non-hydrogen) atoms. The zero-order valence-electron chi connectivity index (χ0n) is 10.6. The number of likely N-dealkylation sites (N-methyl/N-ethyl adjacent to an activating group) is 1. The SMILES string of the molecule is CNC(Cc1cc(Br)ccc1F)c1scc(C)c1Cl. The Hall–Kier alpha value is -0.420. The van der Waals surface area contributed by atoms with Crippen LogP contribution in [0.1, 0.15) is 22.0 Å². The first-order chi connectivity index (χ1) is 9.02. The van der Waals surface area contributed by atoms with E-state index in [2.05, 4.69) is 21.2 Å². The highest BCUT2D eigenvalue weighted by Gasteiger charge is 2.18. The van der Waals surface area contributed by atoms with Gasteiger partial charge in [0, 0.05) is 15.4 Å². The largest absolute Gasteiger partial charge is 0.312 e. The number of hydrogen-bond donors (Lipinski definition) is 1. The molecule has 1 N–H and O–H groups in total. The minimum Gasteiger partial charge on any atom is -0.312 e. The van der Waals surface area contributed by atoms with Crippen LogP contribution in [0.3, 0.4) is 0 Å². The van der Waals surface area contributed by atoms with Crippen LogP contribution in [0.5, 0.6) is 0 Å². The van der Waals surface area contributed by atoms with Crippen molar-refractivity contribution in [3.05, 3.63) is 54.9 Å². The highest BCUT2D eigenvalue weighted by Crippen LogP contribution is 2.34. The standard InChI is InChI=1S/C14H14BrClFNS/c1-8-7-19-14(13(8)16)12(18-2)6-9-5-10(15)3-4-11(9)17/h3-5,7,12,18H,6H2,1-2H3. The minimum absolute atomic E-state index is 0.0231. The van der Waals surface area contributed by atoms with E-state index in [9.17, 15) is 4.39 Å². The zero-order chi connectivity index (χ0) is 14.0. The molecule has 1 heterocycles. The molecule has 0 bridgehead atoms. The summed E-state index contributed by atoms with van der Waals surface area (Å²) < 4.78 is 14.7. The summed E-state index contributed by atoms with van der Waals surface area (Å²) in [6, 6.07) is 5.02. The Labute approximate surface area is 129 Å². The second-order valence-electron chi connectivity index (χ2n) is 4.38. The molecule has 5 heteroatoms. The average molecular weight is 363 g/mol. The van der Waals surface area contributed by atoms with Gasteiger partial charge in [0.25, 0.3) is 0 Å². The summed E-state index contributed by atoms with van der Waals surface area (Å²) in [4.78, 5) is 1.06. The minimum atomic E-state index is -0.187. The van der Waals surface area contributed by atoms with Crippen molar-refractivity contribution in [3.8, 4) is 0 Å². The summed E-state index contributed by atoms with van der Waals surface area (Å²) >= 11 is 11.3. The maximum absolute atomic E-state index is 13.8. The second-order valence-corrected chi connectivity index (χ2v) is 6.58. The quantitative estimate of drug-likeness (QED) is 0.796. The Kier molecular flexibility index (Phi) is 5.01. The molecule has 0 aliphatic rings. The number of hydrogen-bond acceptors (Lipinski definition) is 2. The van der Waals surface area contributed by atoms with Crippen LogP contribution in [0, 0.1) is 12.7 Å². The predicted octanol–water partition coefficient (Wildman–Crippen LogP) is 5.11. The molecule has 0 aliphatic heterocycles. The Morgan fingerprint density at radius 3 is 2.79 bits per heavy atom. The fourth-order valence-corrected chi connectivity index (χ4v) is 3.77. The van der Waals surface area contributed by atoms with Gasteiger partial charge in [-0.25, -0.2) is 4.39 Å². The molecule has 1 aromatic heterocycles. The second kappa shape index (κ2) is 6.35. The molecule has 0 saturated heterocycles. The first-order valence-corrected chi connectivity index (χ1v) is 7.92. The lowest BCUT2D eigenvalue weighted by Gasteiger charge is -2.16. The lowest BCUT2D eigenvalue weighted by molar-refractivity contribution is 0.559. The van der Waals surface area contributed by atoms with Gasteiger partial charge in [0.2, 0.25) is 0 Å². The zero-order valence-corrected chi connectivity index (χ0v) is 13.8. The van der Waals surface area contributed by atoms with Crippen molar-refractivity contribution < 1.29 is 4.39 Å². The van der Waals surface area contributed by atoms with Crippen molar-refractivity contribution >= 4 is 38.9 Å². The summed E-state index contributed by atoms with van der Waals surface area (Å²) in [5.74, 6) is -0.187. The molecule has 0 fully saturated rings. The van der Waals surface area contributed by atoms with Gasteiger partial charge < -0.3 is 5.32 Å². The van der Waals surface area contributed by atoms with Crippen molar-refractivity contribution in [3.63, 3.8) is 0 Å². The van der Waals surface area contributed by atoms with Gasteiger partial charge in [-0.2, -0.15) is 0 Å². The van der Waals surface area contributed by atoms with Gasteiger partial charge in [-0.3, -0.25) is 0 Å². The fourth-order valence-electron chi connectivity index (χ4n) is 1.93. The number of benzene rings is 1. The maximum Gasteiger partial charge on any atom is 0.126 e. The van der Waals surface area contributed by atoms with E-state index in [4.69, 9.17) is 11.6 Å². The Balaban J connectivity index is 2.29. The molecule has 1 nitrogen and oxygen atoms in total. The smallest absolute Gasteiger partial charge is 0.126 e. The number of nitrogens with one attached hydrogen (secondary N) is 1. The topological polar surface area (TPSA) is 12.0 Å². The Morgan fingerprint density at radius 2 is 2.21 bits per heavy atom. The van der Waals surface area contributed by atoms with E-state index >= 15 is 0 Å². The third-order valence-corrected chi connectivity index (χ3v) is 5.34. The molecular formula is C14H14BrClFNS. The van der Waals surface area contributed by atoms with Gasteiger partial charge in [-0.15, -0.1) is 11.3 Å².